The molecule has 0 spiro atoms. The number of carbonyl (C=O) groups is 1. The van der Waals surface area contributed by atoms with Gasteiger partial charge in [-0.05, 0) is 71.3 Å². The molecule has 2 unspecified atom stereocenters. The van der Waals surface area contributed by atoms with Crippen LogP contribution >= 0.6 is 22.7 Å². The molecule has 2 aliphatic rings. The van der Waals surface area contributed by atoms with Crippen LogP contribution in [-0.4, -0.2) is 31.0 Å². The molecule has 2 atom stereocenters. The highest BCUT2D eigenvalue weighted by Gasteiger charge is 2.35. The molecular weight excluding hydrogens is 412 g/mol. The predicted molar refractivity (Wildman–Crippen MR) is 122 cm³/mol. The second-order valence-electron chi connectivity index (χ2n) is 8.09. The van der Waals surface area contributed by atoms with Crippen LogP contribution in [0, 0.1) is 5.92 Å². The van der Waals surface area contributed by atoms with E-state index in [9.17, 15) is 4.79 Å². The number of carbonyl (C=O) groups excluding carboxylic acids is 1. The van der Waals surface area contributed by atoms with E-state index < -0.39 is 0 Å². The minimum Gasteiger partial charge on any atom is -0.497 e. The largest absolute Gasteiger partial charge is 0.497 e. The van der Waals surface area contributed by atoms with Gasteiger partial charge >= 0.3 is 0 Å². The monoisotopic (exact) mass is 438 g/mol. The van der Waals surface area contributed by atoms with Crippen molar-refractivity contribution < 1.29 is 9.53 Å². The molecule has 1 saturated carbocycles. The molecule has 6 heteroatoms. The highest BCUT2D eigenvalue weighted by Crippen LogP contribution is 2.42. The maximum atomic E-state index is 13.1. The summed E-state index contributed by atoms with van der Waals surface area (Å²) in [6.45, 7) is 1.34. The fraction of sp³-hybridized carbons (Fsp3) is 0.375. The van der Waals surface area contributed by atoms with Gasteiger partial charge < -0.3 is 10.1 Å². The van der Waals surface area contributed by atoms with Crippen LogP contribution in [0.5, 0.6) is 5.75 Å². The third kappa shape index (κ3) is 4.04. The molecule has 1 amide bonds. The lowest BCUT2D eigenvalue weighted by molar-refractivity contribution is -0.123. The third-order valence-electron chi connectivity index (χ3n) is 6.11. The Labute approximate surface area is 185 Å². The summed E-state index contributed by atoms with van der Waals surface area (Å²) in [7, 11) is 1.68. The summed E-state index contributed by atoms with van der Waals surface area (Å²) in [5, 5.41) is 7.66. The smallest absolute Gasteiger partial charge is 0.234 e. The number of hydrogen-bond acceptors (Lipinski definition) is 5. The predicted octanol–water partition coefficient (Wildman–Crippen LogP) is 5.03. The van der Waals surface area contributed by atoms with Crippen LogP contribution in [0.1, 0.15) is 45.8 Å². The lowest BCUT2D eigenvalue weighted by atomic mass is 9.98. The zero-order valence-corrected chi connectivity index (χ0v) is 18.7. The number of methoxy groups -OCH3 is 1. The van der Waals surface area contributed by atoms with Crippen molar-refractivity contribution in [1.82, 2.24) is 10.2 Å². The highest BCUT2D eigenvalue weighted by molar-refractivity contribution is 7.10. The molecule has 156 valence electrons. The van der Waals surface area contributed by atoms with E-state index in [1.807, 2.05) is 23.5 Å². The minimum atomic E-state index is 0.0880. The van der Waals surface area contributed by atoms with E-state index in [0.29, 0.717) is 12.5 Å². The molecule has 1 aliphatic carbocycles. The Balaban J connectivity index is 1.32. The first-order chi connectivity index (χ1) is 14.7. The molecule has 2 aromatic heterocycles. The van der Waals surface area contributed by atoms with E-state index in [1.165, 1.54) is 33.7 Å². The average Bonchev–Trinajstić information content (AvgIpc) is 3.24. The molecule has 0 saturated heterocycles. The quantitative estimate of drug-likeness (QED) is 0.562. The number of rotatable bonds is 7. The number of nitrogens with zero attached hydrogens (tertiary/aromatic N) is 1. The SMILES string of the molecule is COc1ccc(C(NC(=O)CN2CCc3sccc3C2c2cccs2)C2CC2)cc1. The Morgan fingerprint density at radius 2 is 2.00 bits per heavy atom. The first-order valence-electron chi connectivity index (χ1n) is 10.5. The summed E-state index contributed by atoms with van der Waals surface area (Å²) in [4.78, 5) is 18.3. The van der Waals surface area contributed by atoms with Crippen molar-refractivity contribution in [1.29, 1.82) is 0 Å². The van der Waals surface area contributed by atoms with Gasteiger partial charge in [-0.25, -0.2) is 0 Å². The molecule has 30 heavy (non-hydrogen) atoms. The fourth-order valence-corrected chi connectivity index (χ4v) is 6.22. The molecule has 3 heterocycles. The Morgan fingerprint density at radius 1 is 1.17 bits per heavy atom. The minimum absolute atomic E-state index is 0.0880. The van der Waals surface area contributed by atoms with Crippen LogP contribution < -0.4 is 10.1 Å². The lowest BCUT2D eigenvalue weighted by Gasteiger charge is -2.35. The van der Waals surface area contributed by atoms with Crippen molar-refractivity contribution >= 4 is 28.6 Å². The molecule has 1 aliphatic heterocycles. The summed E-state index contributed by atoms with van der Waals surface area (Å²) in [5.74, 6) is 1.50. The van der Waals surface area contributed by atoms with Crippen LogP contribution in [0.4, 0.5) is 0 Å². The number of hydrogen-bond donors (Lipinski definition) is 1. The van der Waals surface area contributed by atoms with E-state index in [4.69, 9.17) is 4.74 Å². The Bertz CT molecular complexity index is 993. The molecule has 1 aromatic carbocycles. The van der Waals surface area contributed by atoms with E-state index >= 15 is 0 Å². The molecule has 5 rings (SSSR count). The second-order valence-corrected chi connectivity index (χ2v) is 10.1. The van der Waals surface area contributed by atoms with Gasteiger partial charge in [-0.1, -0.05) is 18.2 Å². The maximum absolute atomic E-state index is 13.1. The summed E-state index contributed by atoms with van der Waals surface area (Å²) in [6.07, 6.45) is 3.38. The van der Waals surface area contributed by atoms with Crippen molar-refractivity contribution in [3.63, 3.8) is 0 Å². The first-order valence-corrected chi connectivity index (χ1v) is 12.3. The Hall–Kier alpha value is -2.15. The van der Waals surface area contributed by atoms with Gasteiger partial charge in [0.25, 0.3) is 0 Å². The Kier molecular flexibility index (Phi) is 5.63. The molecule has 1 N–H and O–H groups in total. The van der Waals surface area contributed by atoms with Gasteiger partial charge in [0.2, 0.25) is 5.91 Å². The Morgan fingerprint density at radius 3 is 2.70 bits per heavy atom. The van der Waals surface area contributed by atoms with Crippen molar-refractivity contribution in [2.75, 3.05) is 20.2 Å². The highest BCUT2D eigenvalue weighted by atomic mass is 32.1. The molecular formula is C24H26N2O2S2. The van der Waals surface area contributed by atoms with E-state index in [1.54, 1.807) is 18.4 Å². The van der Waals surface area contributed by atoms with Gasteiger partial charge in [0, 0.05) is 16.3 Å². The van der Waals surface area contributed by atoms with Crippen LogP contribution in [0.2, 0.25) is 0 Å². The molecule has 0 bridgehead atoms. The number of fused-ring (bicyclic) bond motifs is 1. The average molecular weight is 439 g/mol. The maximum Gasteiger partial charge on any atom is 0.234 e. The standard InChI is InChI=1S/C24H26N2O2S2/c1-28-18-8-6-17(7-9-18)23(16-4-5-16)25-22(27)15-26-12-10-20-19(11-14-30-20)24(26)21-3-2-13-29-21/h2-3,6-9,11,13-14,16,23-24H,4-5,10,12,15H2,1H3,(H,25,27). The van der Waals surface area contributed by atoms with Gasteiger partial charge in [-0.2, -0.15) is 0 Å². The van der Waals surface area contributed by atoms with Gasteiger partial charge in [0.15, 0.2) is 0 Å². The van der Waals surface area contributed by atoms with E-state index in [0.717, 1.165) is 18.7 Å². The topological polar surface area (TPSA) is 41.6 Å². The first kappa shape index (κ1) is 19.8. The summed E-state index contributed by atoms with van der Waals surface area (Å²) < 4.78 is 5.28. The summed E-state index contributed by atoms with van der Waals surface area (Å²) in [6, 6.07) is 14.9. The fourth-order valence-electron chi connectivity index (χ4n) is 4.44. The molecule has 3 aromatic rings. The second kappa shape index (κ2) is 8.53. The third-order valence-corrected chi connectivity index (χ3v) is 8.03. The number of amides is 1. The number of nitrogens with one attached hydrogen (secondary N) is 1. The van der Waals surface area contributed by atoms with Crippen LogP contribution in [0.25, 0.3) is 0 Å². The lowest BCUT2D eigenvalue weighted by Crippen LogP contribution is -2.43. The van der Waals surface area contributed by atoms with E-state index in [2.05, 4.69) is 51.3 Å². The van der Waals surface area contributed by atoms with Crippen molar-refractivity contribution in [2.45, 2.75) is 31.3 Å². The zero-order chi connectivity index (χ0) is 20.5. The van der Waals surface area contributed by atoms with Crippen molar-refractivity contribution in [2.24, 2.45) is 5.92 Å². The van der Waals surface area contributed by atoms with Crippen LogP contribution in [0.15, 0.2) is 53.2 Å². The van der Waals surface area contributed by atoms with Crippen molar-refractivity contribution in [3.8, 4) is 5.75 Å². The number of ether oxygens (including phenoxy) is 1. The van der Waals surface area contributed by atoms with Crippen molar-refractivity contribution in [3.05, 3.63) is 74.1 Å². The number of thiophene rings is 2. The van der Waals surface area contributed by atoms with Gasteiger partial charge in [0.05, 0.1) is 25.7 Å². The number of benzene rings is 1. The summed E-state index contributed by atoms with van der Waals surface area (Å²) in [5.41, 5.74) is 2.54. The zero-order valence-electron chi connectivity index (χ0n) is 17.0. The normalized spacial score (nSPS) is 19.8. The van der Waals surface area contributed by atoms with Crippen LogP contribution in [-0.2, 0) is 11.2 Å². The van der Waals surface area contributed by atoms with Gasteiger partial charge in [0.1, 0.15) is 5.75 Å². The summed E-state index contributed by atoms with van der Waals surface area (Å²) >= 11 is 3.61. The molecule has 1 fully saturated rings. The van der Waals surface area contributed by atoms with Gasteiger partial charge in [-0.15, -0.1) is 22.7 Å². The van der Waals surface area contributed by atoms with Crippen LogP contribution in [0.3, 0.4) is 0 Å². The van der Waals surface area contributed by atoms with Gasteiger partial charge in [-0.3, -0.25) is 9.69 Å². The van der Waals surface area contributed by atoms with E-state index in [-0.39, 0.29) is 18.0 Å². The molecule has 0 radical (unpaired) electrons. The molecule has 4 nitrogen and oxygen atoms in total.